The molecule has 0 aliphatic rings. The number of amides is 1. The lowest BCUT2D eigenvalue weighted by Crippen LogP contribution is -2.28. The van der Waals surface area contributed by atoms with E-state index in [2.05, 4.69) is 0 Å². The summed E-state index contributed by atoms with van der Waals surface area (Å²) in [6.45, 7) is 4.47. The van der Waals surface area contributed by atoms with Crippen LogP contribution in [0, 0.1) is 5.92 Å². The summed E-state index contributed by atoms with van der Waals surface area (Å²) in [7, 11) is 1.71. The van der Waals surface area contributed by atoms with Crippen LogP contribution in [0.2, 0.25) is 0 Å². The standard InChI is InChI=1S/C12H17NO2/c1-10(2)9-15-12(14)13(3)11-7-5-4-6-8-11/h4-8,10H,9H2,1-3H3. The molecule has 0 N–H and O–H groups in total. The van der Waals surface area contributed by atoms with Gasteiger partial charge in [-0.3, -0.25) is 4.90 Å². The predicted molar refractivity (Wildman–Crippen MR) is 61.0 cm³/mol. The molecule has 0 aliphatic heterocycles. The van der Waals surface area contributed by atoms with Crippen molar-refractivity contribution in [1.29, 1.82) is 0 Å². The van der Waals surface area contributed by atoms with Crippen LogP contribution in [0.25, 0.3) is 0 Å². The molecule has 0 fully saturated rings. The van der Waals surface area contributed by atoms with Crippen molar-refractivity contribution in [2.45, 2.75) is 13.8 Å². The van der Waals surface area contributed by atoms with E-state index < -0.39 is 0 Å². The van der Waals surface area contributed by atoms with Crippen molar-refractivity contribution in [1.82, 2.24) is 0 Å². The number of rotatable bonds is 3. The minimum atomic E-state index is -0.310. The van der Waals surface area contributed by atoms with E-state index in [0.29, 0.717) is 12.5 Å². The molecule has 15 heavy (non-hydrogen) atoms. The van der Waals surface area contributed by atoms with Gasteiger partial charge in [0.2, 0.25) is 0 Å². The van der Waals surface area contributed by atoms with E-state index in [4.69, 9.17) is 4.74 Å². The van der Waals surface area contributed by atoms with E-state index in [1.165, 1.54) is 4.90 Å². The minimum Gasteiger partial charge on any atom is -0.449 e. The first-order valence-corrected chi connectivity index (χ1v) is 5.06. The lowest BCUT2D eigenvalue weighted by Gasteiger charge is -2.17. The molecule has 82 valence electrons. The van der Waals surface area contributed by atoms with Crippen LogP contribution >= 0.6 is 0 Å². The molecular weight excluding hydrogens is 190 g/mol. The van der Waals surface area contributed by atoms with Crippen LogP contribution in [0.4, 0.5) is 10.5 Å². The zero-order valence-corrected chi connectivity index (χ0v) is 9.43. The Morgan fingerprint density at radius 1 is 1.33 bits per heavy atom. The van der Waals surface area contributed by atoms with Crippen LogP contribution in [-0.4, -0.2) is 19.7 Å². The normalized spacial score (nSPS) is 10.1. The molecule has 0 bridgehead atoms. The van der Waals surface area contributed by atoms with Gasteiger partial charge < -0.3 is 4.74 Å². The highest BCUT2D eigenvalue weighted by Gasteiger charge is 2.11. The highest BCUT2D eigenvalue weighted by Crippen LogP contribution is 2.12. The molecule has 0 aromatic heterocycles. The maximum atomic E-state index is 11.6. The fraction of sp³-hybridized carbons (Fsp3) is 0.417. The molecule has 0 saturated heterocycles. The fourth-order valence-electron chi connectivity index (χ4n) is 1.09. The van der Waals surface area contributed by atoms with E-state index in [-0.39, 0.29) is 6.09 Å². The average molecular weight is 207 g/mol. The number of carbonyl (C=O) groups is 1. The summed E-state index contributed by atoms with van der Waals surface area (Å²) < 4.78 is 5.11. The molecule has 3 heteroatoms. The third kappa shape index (κ3) is 3.62. The lowest BCUT2D eigenvalue weighted by atomic mass is 10.2. The summed E-state index contributed by atoms with van der Waals surface area (Å²) in [6, 6.07) is 9.44. The van der Waals surface area contributed by atoms with Gasteiger partial charge in [0.1, 0.15) is 0 Å². The van der Waals surface area contributed by atoms with Crippen LogP contribution in [-0.2, 0) is 4.74 Å². The topological polar surface area (TPSA) is 29.5 Å². The first kappa shape index (κ1) is 11.6. The molecule has 0 saturated carbocycles. The SMILES string of the molecule is CC(C)COC(=O)N(C)c1ccccc1. The Morgan fingerprint density at radius 3 is 2.47 bits per heavy atom. The number of hydrogen-bond acceptors (Lipinski definition) is 2. The molecule has 1 rings (SSSR count). The van der Waals surface area contributed by atoms with Crippen molar-refractivity contribution in [2.75, 3.05) is 18.6 Å². The summed E-state index contributed by atoms with van der Waals surface area (Å²) in [6.07, 6.45) is -0.310. The number of nitrogens with zero attached hydrogens (tertiary/aromatic N) is 1. The Labute approximate surface area is 90.7 Å². The quantitative estimate of drug-likeness (QED) is 0.762. The third-order valence-corrected chi connectivity index (χ3v) is 1.96. The first-order valence-electron chi connectivity index (χ1n) is 5.06. The number of ether oxygens (including phenoxy) is 1. The monoisotopic (exact) mass is 207 g/mol. The molecule has 1 aromatic rings. The molecule has 0 aliphatic carbocycles. The van der Waals surface area contributed by atoms with Gasteiger partial charge in [-0.25, -0.2) is 4.79 Å². The molecule has 0 radical (unpaired) electrons. The minimum absolute atomic E-state index is 0.310. The summed E-state index contributed by atoms with van der Waals surface area (Å²) in [5, 5.41) is 0. The number of para-hydroxylation sites is 1. The highest BCUT2D eigenvalue weighted by atomic mass is 16.6. The van der Waals surface area contributed by atoms with Gasteiger partial charge in [0.05, 0.1) is 6.61 Å². The van der Waals surface area contributed by atoms with E-state index in [1.54, 1.807) is 7.05 Å². The molecule has 0 heterocycles. The molecular formula is C12H17NO2. The Kier molecular flexibility index (Phi) is 4.16. The van der Waals surface area contributed by atoms with Crippen molar-refractivity contribution < 1.29 is 9.53 Å². The zero-order chi connectivity index (χ0) is 11.3. The maximum Gasteiger partial charge on any atom is 0.414 e. The van der Waals surface area contributed by atoms with Crippen LogP contribution < -0.4 is 4.90 Å². The molecule has 0 atom stereocenters. The smallest absolute Gasteiger partial charge is 0.414 e. The van der Waals surface area contributed by atoms with Gasteiger partial charge in [-0.15, -0.1) is 0 Å². The predicted octanol–water partition coefficient (Wildman–Crippen LogP) is 2.92. The van der Waals surface area contributed by atoms with Crippen molar-refractivity contribution >= 4 is 11.8 Å². The van der Waals surface area contributed by atoms with Crippen molar-refractivity contribution in [3.8, 4) is 0 Å². The summed E-state index contributed by atoms with van der Waals surface area (Å²) >= 11 is 0. The maximum absolute atomic E-state index is 11.6. The van der Waals surface area contributed by atoms with E-state index in [0.717, 1.165) is 5.69 Å². The number of benzene rings is 1. The average Bonchev–Trinajstić information content (AvgIpc) is 2.26. The Hall–Kier alpha value is -1.51. The Morgan fingerprint density at radius 2 is 1.93 bits per heavy atom. The van der Waals surface area contributed by atoms with Crippen LogP contribution in [0.5, 0.6) is 0 Å². The number of hydrogen-bond donors (Lipinski definition) is 0. The van der Waals surface area contributed by atoms with Gasteiger partial charge in [-0.2, -0.15) is 0 Å². The molecule has 0 unspecified atom stereocenters. The van der Waals surface area contributed by atoms with Gasteiger partial charge in [-0.1, -0.05) is 32.0 Å². The zero-order valence-electron chi connectivity index (χ0n) is 9.43. The van der Waals surface area contributed by atoms with Crippen LogP contribution in [0.3, 0.4) is 0 Å². The van der Waals surface area contributed by atoms with E-state index >= 15 is 0 Å². The second kappa shape index (κ2) is 5.39. The van der Waals surface area contributed by atoms with Crippen LogP contribution in [0.15, 0.2) is 30.3 Å². The molecule has 1 amide bonds. The second-order valence-corrected chi connectivity index (χ2v) is 3.87. The van der Waals surface area contributed by atoms with Crippen LogP contribution in [0.1, 0.15) is 13.8 Å². The summed E-state index contributed by atoms with van der Waals surface area (Å²) in [5.74, 6) is 0.359. The van der Waals surface area contributed by atoms with Gasteiger partial charge in [0.15, 0.2) is 0 Å². The lowest BCUT2D eigenvalue weighted by molar-refractivity contribution is 0.141. The second-order valence-electron chi connectivity index (χ2n) is 3.87. The first-order chi connectivity index (χ1) is 7.11. The summed E-state index contributed by atoms with van der Waals surface area (Å²) in [5.41, 5.74) is 0.839. The van der Waals surface area contributed by atoms with Crippen molar-refractivity contribution in [3.05, 3.63) is 30.3 Å². The number of carbonyl (C=O) groups excluding carboxylic acids is 1. The highest BCUT2D eigenvalue weighted by molar-refractivity contribution is 5.86. The van der Waals surface area contributed by atoms with Gasteiger partial charge in [0.25, 0.3) is 0 Å². The van der Waals surface area contributed by atoms with E-state index in [9.17, 15) is 4.79 Å². The van der Waals surface area contributed by atoms with Crippen molar-refractivity contribution in [2.24, 2.45) is 5.92 Å². The van der Waals surface area contributed by atoms with Gasteiger partial charge in [-0.05, 0) is 18.1 Å². The third-order valence-electron chi connectivity index (χ3n) is 1.96. The van der Waals surface area contributed by atoms with E-state index in [1.807, 2.05) is 44.2 Å². The van der Waals surface area contributed by atoms with Gasteiger partial charge >= 0.3 is 6.09 Å². The Balaban J connectivity index is 2.54. The molecule has 0 spiro atoms. The fourth-order valence-corrected chi connectivity index (χ4v) is 1.09. The largest absolute Gasteiger partial charge is 0.449 e. The summed E-state index contributed by atoms with van der Waals surface area (Å²) in [4.78, 5) is 13.1. The molecule has 3 nitrogen and oxygen atoms in total. The Bertz CT molecular complexity index is 309. The number of anilines is 1. The van der Waals surface area contributed by atoms with Crippen molar-refractivity contribution in [3.63, 3.8) is 0 Å². The van der Waals surface area contributed by atoms with Gasteiger partial charge in [0, 0.05) is 12.7 Å². The molecule has 1 aromatic carbocycles.